The maximum absolute atomic E-state index is 10.3. The molecule has 0 amide bonds. The first-order valence-electron chi connectivity index (χ1n) is 6.57. The zero-order chi connectivity index (χ0) is 13.8. The molecule has 19 heavy (non-hydrogen) atoms. The number of benzene rings is 2. The van der Waals surface area contributed by atoms with Crippen molar-refractivity contribution in [3.8, 4) is 5.75 Å². The number of ether oxygens (including phenoxy) is 1. The van der Waals surface area contributed by atoms with Crippen molar-refractivity contribution in [2.45, 2.75) is 33.0 Å². The second-order valence-electron chi connectivity index (χ2n) is 5.05. The summed E-state index contributed by atoms with van der Waals surface area (Å²) in [6.07, 6.45) is -0.430. The van der Waals surface area contributed by atoms with Crippen molar-refractivity contribution < 1.29 is 9.84 Å². The highest BCUT2D eigenvalue weighted by Gasteiger charge is 2.10. The van der Waals surface area contributed by atoms with Crippen molar-refractivity contribution in [1.29, 1.82) is 0 Å². The van der Waals surface area contributed by atoms with Crippen LogP contribution in [0.25, 0.3) is 0 Å². The molecular formula is C17H20O2. The molecule has 0 saturated heterocycles. The minimum Gasteiger partial charge on any atom is -0.491 e. The van der Waals surface area contributed by atoms with Gasteiger partial charge in [-0.3, -0.25) is 0 Å². The van der Waals surface area contributed by atoms with Crippen LogP contribution in [0.1, 0.15) is 36.6 Å². The number of hydrogen-bond acceptors (Lipinski definition) is 2. The van der Waals surface area contributed by atoms with Gasteiger partial charge in [0.05, 0.1) is 6.10 Å². The van der Waals surface area contributed by atoms with E-state index in [2.05, 4.69) is 0 Å². The van der Waals surface area contributed by atoms with E-state index < -0.39 is 6.10 Å². The van der Waals surface area contributed by atoms with Crippen molar-refractivity contribution in [2.24, 2.45) is 0 Å². The minimum atomic E-state index is -0.590. The second kappa shape index (κ2) is 5.89. The van der Waals surface area contributed by atoms with Crippen molar-refractivity contribution in [1.82, 2.24) is 0 Å². The van der Waals surface area contributed by atoms with Crippen molar-refractivity contribution >= 4 is 0 Å². The summed E-state index contributed by atoms with van der Waals surface area (Å²) in [7, 11) is 0. The second-order valence-corrected chi connectivity index (χ2v) is 5.05. The number of rotatable bonds is 4. The molecule has 2 nitrogen and oxygen atoms in total. The predicted molar refractivity (Wildman–Crippen MR) is 77.4 cm³/mol. The Balaban J connectivity index is 2.17. The number of aryl methyl sites for hydroxylation is 1. The lowest BCUT2D eigenvalue weighted by atomic mass is 10.00. The van der Waals surface area contributed by atoms with Crippen LogP contribution in [0.4, 0.5) is 0 Å². The third-order valence-corrected chi connectivity index (χ3v) is 2.93. The molecular weight excluding hydrogens is 236 g/mol. The number of aliphatic hydroxyl groups is 1. The zero-order valence-electron chi connectivity index (χ0n) is 11.6. The van der Waals surface area contributed by atoms with Gasteiger partial charge in [-0.25, -0.2) is 0 Å². The molecule has 0 radical (unpaired) electrons. The van der Waals surface area contributed by atoms with Crippen molar-refractivity contribution in [2.75, 3.05) is 0 Å². The normalized spacial score (nSPS) is 12.5. The summed E-state index contributed by atoms with van der Waals surface area (Å²) in [6.45, 7) is 6.01. The Hall–Kier alpha value is -1.80. The molecule has 1 unspecified atom stereocenters. The molecule has 0 spiro atoms. The smallest absolute Gasteiger partial charge is 0.119 e. The average molecular weight is 256 g/mol. The molecule has 0 fully saturated rings. The van der Waals surface area contributed by atoms with E-state index in [0.29, 0.717) is 0 Å². The van der Waals surface area contributed by atoms with Crippen LogP contribution >= 0.6 is 0 Å². The fourth-order valence-electron chi connectivity index (χ4n) is 2.03. The maximum Gasteiger partial charge on any atom is 0.119 e. The van der Waals surface area contributed by atoms with Gasteiger partial charge in [0.2, 0.25) is 0 Å². The fourth-order valence-corrected chi connectivity index (χ4v) is 2.03. The molecule has 2 aromatic carbocycles. The van der Waals surface area contributed by atoms with Gasteiger partial charge in [0.25, 0.3) is 0 Å². The van der Waals surface area contributed by atoms with E-state index in [0.717, 1.165) is 22.4 Å². The summed E-state index contributed by atoms with van der Waals surface area (Å²) in [5, 5.41) is 10.3. The topological polar surface area (TPSA) is 29.5 Å². The molecule has 0 saturated carbocycles. The van der Waals surface area contributed by atoms with Crippen LogP contribution in [-0.4, -0.2) is 11.2 Å². The molecule has 0 heterocycles. The van der Waals surface area contributed by atoms with Crippen molar-refractivity contribution in [3.63, 3.8) is 0 Å². The lowest BCUT2D eigenvalue weighted by molar-refractivity contribution is 0.219. The molecule has 2 heteroatoms. The molecule has 1 atom stereocenters. The van der Waals surface area contributed by atoms with Crippen LogP contribution in [0.5, 0.6) is 5.75 Å². The van der Waals surface area contributed by atoms with Gasteiger partial charge in [-0.05, 0) is 44.0 Å². The van der Waals surface area contributed by atoms with Crippen molar-refractivity contribution in [3.05, 3.63) is 65.2 Å². The maximum atomic E-state index is 10.3. The van der Waals surface area contributed by atoms with Gasteiger partial charge >= 0.3 is 0 Å². The lowest BCUT2D eigenvalue weighted by Crippen LogP contribution is -2.06. The van der Waals surface area contributed by atoms with Crippen LogP contribution in [0.2, 0.25) is 0 Å². The Morgan fingerprint density at radius 2 is 1.63 bits per heavy atom. The van der Waals surface area contributed by atoms with Gasteiger partial charge in [0.1, 0.15) is 11.9 Å². The van der Waals surface area contributed by atoms with E-state index in [1.165, 1.54) is 0 Å². The van der Waals surface area contributed by atoms with Gasteiger partial charge in [0.15, 0.2) is 0 Å². The zero-order valence-corrected chi connectivity index (χ0v) is 11.6. The molecule has 0 aliphatic carbocycles. The van der Waals surface area contributed by atoms with Crippen LogP contribution < -0.4 is 4.74 Å². The Morgan fingerprint density at radius 3 is 2.21 bits per heavy atom. The van der Waals surface area contributed by atoms with Gasteiger partial charge < -0.3 is 9.84 Å². The summed E-state index contributed by atoms with van der Waals surface area (Å²) in [5.74, 6) is 0.829. The van der Waals surface area contributed by atoms with Gasteiger partial charge in [-0.2, -0.15) is 0 Å². The van der Waals surface area contributed by atoms with Gasteiger partial charge in [-0.15, -0.1) is 0 Å². The van der Waals surface area contributed by atoms with Gasteiger partial charge in [-0.1, -0.05) is 42.0 Å². The van der Waals surface area contributed by atoms with E-state index >= 15 is 0 Å². The fraction of sp³-hybridized carbons (Fsp3) is 0.294. The SMILES string of the molecule is Cc1cccc(C(O)c2ccc(OC(C)C)cc2)c1. The largest absolute Gasteiger partial charge is 0.491 e. The molecule has 0 bridgehead atoms. The van der Waals surface area contributed by atoms with Crippen LogP contribution in [0.15, 0.2) is 48.5 Å². The summed E-state index contributed by atoms with van der Waals surface area (Å²) in [5.41, 5.74) is 2.94. The monoisotopic (exact) mass is 256 g/mol. The molecule has 1 N–H and O–H groups in total. The Kier molecular flexibility index (Phi) is 4.23. The first kappa shape index (κ1) is 13.6. The summed E-state index contributed by atoms with van der Waals surface area (Å²) < 4.78 is 5.59. The highest BCUT2D eigenvalue weighted by molar-refractivity contribution is 5.35. The molecule has 100 valence electrons. The number of hydrogen-bond donors (Lipinski definition) is 1. The highest BCUT2D eigenvalue weighted by atomic mass is 16.5. The van der Waals surface area contributed by atoms with E-state index in [1.807, 2.05) is 69.3 Å². The summed E-state index contributed by atoms with van der Waals surface area (Å²) >= 11 is 0. The predicted octanol–water partition coefficient (Wildman–Crippen LogP) is 3.86. The van der Waals surface area contributed by atoms with Crippen LogP contribution in [0.3, 0.4) is 0 Å². The first-order chi connectivity index (χ1) is 9.06. The average Bonchev–Trinajstić information content (AvgIpc) is 2.38. The molecule has 0 aromatic heterocycles. The number of aliphatic hydroxyl groups excluding tert-OH is 1. The standard InChI is InChI=1S/C17H20O2/c1-12(2)19-16-9-7-14(8-10-16)17(18)15-6-4-5-13(3)11-15/h4-12,17-18H,1-3H3. The Morgan fingerprint density at radius 1 is 0.947 bits per heavy atom. The van der Waals surface area contributed by atoms with E-state index in [-0.39, 0.29) is 6.10 Å². The first-order valence-corrected chi connectivity index (χ1v) is 6.57. The van der Waals surface area contributed by atoms with Crippen LogP contribution in [0, 0.1) is 6.92 Å². The third-order valence-electron chi connectivity index (χ3n) is 2.93. The van der Waals surface area contributed by atoms with Crippen LogP contribution in [-0.2, 0) is 0 Å². The molecule has 0 aliphatic rings. The highest BCUT2D eigenvalue weighted by Crippen LogP contribution is 2.24. The lowest BCUT2D eigenvalue weighted by Gasteiger charge is -2.14. The molecule has 0 aliphatic heterocycles. The minimum absolute atomic E-state index is 0.160. The van der Waals surface area contributed by atoms with E-state index in [1.54, 1.807) is 0 Å². The molecule has 2 rings (SSSR count). The van der Waals surface area contributed by atoms with E-state index in [9.17, 15) is 5.11 Å². The van der Waals surface area contributed by atoms with E-state index in [4.69, 9.17) is 4.74 Å². The quantitative estimate of drug-likeness (QED) is 0.900. The third kappa shape index (κ3) is 3.58. The Labute approximate surface area is 114 Å². The molecule has 2 aromatic rings. The Bertz CT molecular complexity index is 529. The summed E-state index contributed by atoms with van der Waals surface area (Å²) in [4.78, 5) is 0. The summed E-state index contributed by atoms with van der Waals surface area (Å²) in [6, 6.07) is 15.5. The van der Waals surface area contributed by atoms with Gasteiger partial charge in [0, 0.05) is 0 Å².